The Morgan fingerprint density at radius 3 is 2.62 bits per heavy atom. The molecule has 1 fully saturated rings. The molecular formula is C17H28ClN3. The second kappa shape index (κ2) is 8.02. The number of anilines is 1. The van der Waals surface area contributed by atoms with Crippen LogP contribution >= 0.6 is 11.6 Å². The van der Waals surface area contributed by atoms with Crippen LogP contribution in [0.3, 0.4) is 0 Å². The molecule has 3 nitrogen and oxygen atoms in total. The molecule has 21 heavy (non-hydrogen) atoms. The molecule has 2 rings (SSSR count). The lowest BCUT2D eigenvalue weighted by atomic mass is 10.0. The van der Waals surface area contributed by atoms with Crippen molar-refractivity contribution in [3.05, 3.63) is 28.8 Å². The van der Waals surface area contributed by atoms with Gasteiger partial charge in [0.1, 0.15) is 0 Å². The van der Waals surface area contributed by atoms with Crippen LogP contribution in [0.1, 0.15) is 31.7 Å². The lowest BCUT2D eigenvalue weighted by Crippen LogP contribution is -2.42. The van der Waals surface area contributed by atoms with Gasteiger partial charge < -0.3 is 15.1 Å². The van der Waals surface area contributed by atoms with Crippen LogP contribution in [0.25, 0.3) is 0 Å². The quantitative estimate of drug-likeness (QED) is 0.813. The van der Waals surface area contributed by atoms with Crippen LogP contribution < -0.4 is 10.2 Å². The highest BCUT2D eigenvalue weighted by Gasteiger charge is 2.22. The molecule has 0 spiro atoms. The maximum atomic E-state index is 6.43. The number of benzene rings is 1. The molecule has 0 atom stereocenters. The van der Waals surface area contributed by atoms with Crippen molar-refractivity contribution in [2.24, 2.45) is 0 Å². The van der Waals surface area contributed by atoms with Crippen molar-refractivity contribution in [1.29, 1.82) is 0 Å². The minimum absolute atomic E-state index is 0.710. The van der Waals surface area contributed by atoms with E-state index in [0.29, 0.717) is 6.04 Å². The molecule has 1 aliphatic rings. The van der Waals surface area contributed by atoms with Crippen molar-refractivity contribution in [2.75, 3.05) is 38.6 Å². The average Bonchev–Trinajstić information content (AvgIpc) is 2.49. The van der Waals surface area contributed by atoms with Gasteiger partial charge in [0.2, 0.25) is 0 Å². The molecule has 1 aromatic carbocycles. The number of rotatable bonds is 6. The van der Waals surface area contributed by atoms with E-state index in [-0.39, 0.29) is 0 Å². The third-order valence-electron chi connectivity index (χ3n) is 4.36. The molecule has 0 radical (unpaired) electrons. The van der Waals surface area contributed by atoms with Gasteiger partial charge in [0.05, 0.1) is 0 Å². The van der Waals surface area contributed by atoms with E-state index >= 15 is 0 Å². The summed E-state index contributed by atoms with van der Waals surface area (Å²) in [4.78, 5) is 4.84. The summed E-state index contributed by atoms with van der Waals surface area (Å²) >= 11 is 6.43. The van der Waals surface area contributed by atoms with Crippen LogP contribution in [-0.4, -0.2) is 44.7 Å². The highest BCUT2D eigenvalue weighted by molar-refractivity contribution is 6.31. The summed E-state index contributed by atoms with van der Waals surface area (Å²) in [6.07, 6.45) is 3.59. The van der Waals surface area contributed by atoms with Crippen molar-refractivity contribution < 1.29 is 0 Å². The van der Waals surface area contributed by atoms with E-state index in [1.807, 2.05) is 6.07 Å². The van der Waals surface area contributed by atoms with E-state index in [9.17, 15) is 0 Å². The van der Waals surface area contributed by atoms with E-state index in [0.717, 1.165) is 37.6 Å². The first-order valence-corrected chi connectivity index (χ1v) is 8.40. The van der Waals surface area contributed by atoms with Crippen molar-refractivity contribution in [1.82, 2.24) is 10.2 Å². The Bertz CT molecular complexity index is 440. The Morgan fingerprint density at radius 2 is 2.00 bits per heavy atom. The molecule has 1 heterocycles. The lowest BCUT2D eigenvalue weighted by molar-refractivity contribution is 0.249. The second-order valence-electron chi connectivity index (χ2n) is 6.10. The van der Waals surface area contributed by atoms with Crippen molar-refractivity contribution >= 4 is 17.3 Å². The van der Waals surface area contributed by atoms with Crippen LogP contribution in [0.15, 0.2) is 18.2 Å². The Morgan fingerprint density at radius 1 is 1.29 bits per heavy atom. The third-order valence-corrected chi connectivity index (χ3v) is 4.71. The summed E-state index contributed by atoms with van der Waals surface area (Å²) in [6, 6.07) is 6.99. The van der Waals surface area contributed by atoms with E-state index in [1.165, 1.54) is 24.1 Å². The number of halogens is 1. The van der Waals surface area contributed by atoms with Crippen LogP contribution in [0.5, 0.6) is 0 Å². The molecule has 0 aliphatic carbocycles. The van der Waals surface area contributed by atoms with E-state index in [4.69, 9.17) is 11.6 Å². The summed E-state index contributed by atoms with van der Waals surface area (Å²) in [6.45, 7) is 6.31. The zero-order valence-corrected chi connectivity index (χ0v) is 14.3. The minimum Gasteiger partial charge on any atom is -0.371 e. The first-order valence-electron chi connectivity index (χ1n) is 8.03. The summed E-state index contributed by atoms with van der Waals surface area (Å²) in [5, 5.41) is 4.36. The fourth-order valence-electron chi connectivity index (χ4n) is 3.03. The van der Waals surface area contributed by atoms with Crippen LogP contribution in [0, 0.1) is 0 Å². The van der Waals surface area contributed by atoms with Gasteiger partial charge in [-0.3, -0.25) is 0 Å². The summed E-state index contributed by atoms with van der Waals surface area (Å²) in [5.41, 5.74) is 2.55. The third kappa shape index (κ3) is 4.35. The Hall–Kier alpha value is -0.770. The molecule has 1 saturated heterocycles. The summed E-state index contributed by atoms with van der Waals surface area (Å²) in [7, 11) is 4.36. The average molecular weight is 310 g/mol. The predicted molar refractivity (Wildman–Crippen MR) is 92.4 cm³/mol. The van der Waals surface area contributed by atoms with Crippen molar-refractivity contribution in [3.63, 3.8) is 0 Å². The van der Waals surface area contributed by atoms with Crippen molar-refractivity contribution in [3.8, 4) is 0 Å². The minimum atomic E-state index is 0.710. The molecule has 1 aliphatic heterocycles. The molecule has 1 N–H and O–H groups in total. The zero-order chi connectivity index (χ0) is 15.2. The van der Waals surface area contributed by atoms with Gasteiger partial charge in [-0.05, 0) is 52.0 Å². The molecule has 0 saturated carbocycles. The molecular weight excluding hydrogens is 282 g/mol. The molecule has 1 aromatic rings. The lowest BCUT2D eigenvalue weighted by Gasteiger charge is -2.37. The van der Waals surface area contributed by atoms with Gasteiger partial charge in [0.25, 0.3) is 0 Å². The SMILES string of the molecule is CCCNCc1c(Cl)cccc1N1CCC(N(C)C)CC1. The van der Waals surface area contributed by atoms with Crippen LogP contribution in [0.4, 0.5) is 5.69 Å². The maximum Gasteiger partial charge on any atom is 0.0471 e. The first-order chi connectivity index (χ1) is 10.1. The summed E-state index contributed by atoms with van der Waals surface area (Å²) < 4.78 is 0. The van der Waals surface area contributed by atoms with E-state index in [2.05, 4.69) is 48.3 Å². The maximum absolute atomic E-state index is 6.43. The first kappa shape index (κ1) is 16.6. The topological polar surface area (TPSA) is 18.5 Å². The molecule has 118 valence electrons. The standard InChI is InChI=1S/C17H28ClN3/c1-4-10-19-13-15-16(18)6-5-7-17(15)21-11-8-14(9-12-21)20(2)3/h5-7,14,19H,4,8-13H2,1-3H3. The molecule has 0 amide bonds. The number of piperidine rings is 1. The second-order valence-corrected chi connectivity index (χ2v) is 6.50. The van der Waals surface area contributed by atoms with Gasteiger partial charge in [-0.1, -0.05) is 24.6 Å². The Kier molecular flexibility index (Phi) is 6.34. The molecule has 0 unspecified atom stereocenters. The normalized spacial score (nSPS) is 16.7. The molecule has 4 heteroatoms. The fourth-order valence-corrected chi connectivity index (χ4v) is 3.27. The van der Waals surface area contributed by atoms with Gasteiger partial charge in [0, 0.05) is 41.9 Å². The molecule has 0 bridgehead atoms. The van der Waals surface area contributed by atoms with E-state index in [1.54, 1.807) is 0 Å². The van der Waals surface area contributed by atoms with Gasteiger partial charge in [-0.25, -0.2) is 0 Å². The van der Waals surface area contributed by atoms with E-state index < -0.39 is 0 Å². The number of hydrogen-bond donors (Lipinski definition) is 1. The monoisotopic (exact) mass is 309 g/mol. The van der Waals surface area contributed by atoms with Crippen LogP contribution in [0.2, 0.25) is 5.02 Å². The highest BCUT2D eigenvalue weighted by atomic mass is 35.5. The van der Waals surface area contributed by atoms with Gasteiger partial charge >= 0.3 is 0 Å². The fraction of sp³-hybridized carbons (Fsp3) is 0.647. The largest absolute Gasteiger partial charge is 0.371 e. The predicted octanol–water partition coefficient (Wildman–Crippen LogP) is 3.37. The Labute approximate surface area is 134 Å². The van der Waals surface area contributed by atoms with Crippen molar-refractivity contribution in [2.45, 2.75) is 38.8 Å². The number of hydrogen-bond acceptors (Lipinski definition) is 3. The smallest absolute Gasteiger partial charge is 0.0471 e. The summed E-state index contributed by atoms with van der Waals surface area (Å²) in [5.74, 6) is 0. The molecule has 0 aromatic heterocycles. The number of nitrogens with zero attached hydrogens (tertiary/aromatic N) is 2. The highest BCUT2D eigenvalue weighted by Crippen LogP contribution is 2.30. The Balaban J connectivity index is 2.07. The zero-order valence-electron chi connectivity index (χ0n) is 13.5. The van der Waals surface area contributed by atoms with Gasteiger partial charge in [-0.2, -0.15) is 0 Å². The number of nitrogens with one attached hydrogen (secondary N) is 1. The van der Waals surface area contributed by atoms with Gasteiger partial charge in [-0.15, -0.1) is 0 Å². The van der Waals surface area contributed by atoms with Crippen LogP contribution in [-0.2, 0) is 6.54 Å². The van der Waals surface area contributed by atoms with Gasteiger partial charge in [0.15, 0.2) is 0 Å².